The number of aliphatic hydroxyl groups is 1. The van der Waals surface area contributed by atoms with Gasteiger partial charge < -0.3 is 19.5 Å². The molecule has 2 aromatic heterocycles. The van der Waals surface area contributed by atoms with Crippen LogP contribution in [0.2, 0.25) is 0 Å². The highest BCUT2D eigenvalue weighted by Gasteiger charge is 2.40. The van der Waals surface area contributed by atoms with Crippen molar-refractivity contribution in [1.29, 1.82) is 0 Å². The molecular formula is C15H16N2O4. The second-order valence-electron chi connectivity index (χ2n) is 5.39. The molecule has 0 radical (unpaired) electrons. The summed E-state index contributed by atoms with van der Waals surface area (Å²) in [5.41, 5.74) is -0.204. The van der Waals surface area contributed by atoms with Crippen LogP contribution in [0.15, 0.2) is 36.7 Å². The minimum atomic E-state index is -1.71. The van der Waals surface area contributed by atoms with Gasteiger partial charge >= 0.3 is 5.97 Å². The Kier molecular flexibility index (Phi) is 3.17. The molecule has 2 aromatic rings. The van der Waals surface area contributed by atoms with Crippen LogP contribution in [0.1, 0.15) is 23.2 Å². The zero-order valence-electron chi connectivity index (χ0n) is 11.4. The first-order valence-corrected chi connectivity index (χ1v) is 6.81. The Hall–Kier alpha value is -2.34. The lowest BCUT2D eigenvalue weighted by Crippen LogP contribution is -2.50. The van der Waals surface area contributed by atoms with E-state index in [0.717, 1.165) is 5.52 Å². The van der Waals surface area contributed by atoms with Crippen molar-refractivity contribution in [3.63, 3.8) is 0 Å². The number of carbonyl (C=O) groups excluding carboxylic acids is 1. The molecule has 3 rings (SSSR count). The predicted molar refractivity (Wildman–Crippen MR) is 75.1 cm³/mol. The van der Waals surface area contributed by atoms with Crippen LogP contribution in [-0.2, 0) is 4.79 Å². The summed E-state index contributed by atoms with van der Waals surface area (Å²) >= 11 is 0. The summed E-state index contributed by atoms with van der Waals surface area (Å²) in [5, 5.41) is 18.9. The number of carboxylic acids is 1. The van der Waals surface area contributed by atoms with Crippen molar-refractivity contribution in [2.24, 2.45) is 0 Å². The summed E-state index contributed by atoms with van der Waals surface area (Å²) in [7, 11) is 0. The molecular weight excluding hydrogens is 272 g/mol. The first-order chi connectivity index (χ1) is 9.99. The fourth-order valence-electron chi connectivity index (χ4n) is 2.65. The lowest BCUT2D eigenvalue weighted by molar-refractivity contribution is -0.162. The number of hydrogen-bond donors (Lipinski definition) is 2. The summed E-state index contributed by atoms with van der Waals surface area (Å²) in [6.45, 7) is 0.488. The Morgan fingerprint density at radius 1 is 1.19 bits per heavy atom. The smallest absolute Gasteiger partial charge is 0.335 e. The number of aromatic nitrogens is 1. The molecule has 21 heavy (non-hydrogen) atoms. The van der Waals surface area contributed by atoms with Crippen molar-refractivity contribution < 1.29 is 19.8 Å². The number of amides is 1. The summed E-state index contributed by atoms with van der Waals surface area (Å²) < 4.78 is 1.87. The fourth-order valence-corrected chi connectivity index (χ4v) is 2.65. The number of likely N-dealkylation sites (tertiary alicyclic amines) is 1. The second kappa shape index (κ2) is 4.89. The molecule has 6 nitrogen and oxygen atoms in total. The molecule has 6 heteroatoms. The van der Waals surface area contributed by atoms with E-state index in [-0.39, 0.29) is 31.8 Å². The van der Waals surface area contributed by atoms with Crippen LogP contribution in [0.25, 0.3) is 5.52 Å². The topological polar surface area (TPSA) is 82.2 Å². The summed E-state index contributed by atoms with van der Waals surface area (Å²) in [6, 6.07) is 7.50. The van der Waals surface area contributed by atoms with Crippen LogP contribution in [-0.4, -0.2) is 50.1 Å². The summed E-state index contributed by atoms with van der Waals surface area (Å²) in [4.78, 5) is 25.0. The summed E-state index contributed by atoms with van der Waals surface area (Å²) in [6.07, 6.45) is 3.74. The summed E-state index contributed by atoms with van der Waals surface area (Å²) in [5.74, 6) is -1.35. The Balaban J connectivity index is 1.76. The number of aliphatic carboxylic acids is 1. The Bertz CT molecular complexity index is 666. The molecule has 0 saturated carbocycles. The average molecular weight is 288 g/mol. The highest BCUT2D eigenvalue weighted by Crippen LogP contribution is 2.24. The van der Waals surface area contributed by atoms with Gasteiger partial charge in [0.1, 0.15) is 0 Å². The SMILES string of the molecule is O=C(c1cc2ccccn2c1)N1CCC(O)(C(=O)O)CC1. The zero-order valence-corrected chi connectivity index (χ0v) is 11.4. The van der Waals surface area contributed by atoms with Crippen molar-refractivity contribution in [2.75, 3.05) is 13.1 Å². The molecule has 1 saturated heterocycles. The molecule has 1 fully saturated rings. The predicted octanol–water partition coefficient (Wildman–Crippen LogP) is 0.991. The van der Waals surface area contributed by atoms with Crippen molar-refractivity contribution >= 4 is 17.4 Å². The third-order valence-electron chi connectivity index (χ3n) is 4.03. The molecule has 2 N–H and O–H groups in total. The molecule has 0 unspecified atom stereocenters. The Morgan fingerprint density at radius 2 is 1.90 bits per heavy atom. The van der Waals surface area contributed by atoms with Crippen LogP contribution in [0.4, 0.5) is 0 Å². The number of piperidine rings is 1. The van der Waals surface area contributed by atoms with Gasteiger partial charge in [-0.1, -0.05) is 6.07 Å². The highest BCUT2D eigenvalue weighted by molar-refractivity contribution is 5.96. The third-order valence-corrected chi connectivity index (χ3v) is 4.03. The van der Waals surface area contributed by atoms with Gasteiger partial charge in [0.25, 0.3) is 5.91 Å². The molecule has 0 bridgehead atoms. The third kappa shape index (κ3) is 2.38. The van der Waals surface area contributed by atoms with Crippen molar-refractivity contribution in [3.8, 4) is 0 Å². The molecule has 0 spiro atoms. The quantitative estimate of drug-likeness (QED) is 0.863. The minimum Gasteiger partial charge on any atom is -0.479 e. The molecule has 0 aromatic carbocycles. The van der Waals surface area contributed by atoms with Crippen molar-refractivity contribution in [2.45, 2.75) is 18.4 Å². The number of hydrogen-bond acceptors (Lipinski definition) is 3. The minimum absolute atomic E-state index is 0.0570. The van der Waals surface area contributed by atoms with Gasteiger partial charge in [-0.05, 0) is 18.2 Å². The largest absolute Gasteiger partial charge is 0.479 e. The molecule has 1 aliphatic heterocycles. The van der Waals surface area contributed by atoms with Gasteiger partial charge in [-0.25, -0.2) is 4.79 Å². The second-order valence-corrected chi connectivity index (χ2v) is 5.39. The van der Waals surface area contributed by atoms with E-state index in [4.69, 9.17) is 5.11 Å². The van der Waals surface area contributed by atoms with Crippen LogP contribution in [0, 0.1) is 0 Å². The normalized spacial score (nSPS) is 17.9. The van der Waals surface area contributed by atoms with Gasteiger partial charge in [-0.3, -0.25) is 4.79 Å². The van der Waals surface area contributed by atoms with E-state index in [9.17, 15) is 14.7 Å². The number of carbonyl (C=O) groups is 2. The van der Waals surface area contributed by atoms with Crippen molar-refractivity contribution in [1.82, 2.24) is 9.30 Å². The first-order valence-electron chi connectivity index (χ1n) is 6.81. The van der Waals surface area contributed by atoms with Gasteiger partial charge in [0.15, 0.2) is 5.60 Å². The van der Waals surface area contributed by atoms with Gasteiger partial charge in [-0.2, -0.15) is 0 Å². The Morgan fingerprint density at radius 3 is 2.52 bits per heavy atom. The van der Waals surface area contributed by atoms with Crippen LogP contribution >= 0.6 is 0 Å². The maximum atomic E-state index is 12.4. The molecule has 110 valence electrons. The van der Waals surface area contributed by atoms with E-state index in [1.165, 1.54) is 0 Å². The maximum Gasteiger partial charge on any atom is 0.335 e. The number of fused-ring (bicyclic) bond motifs is 1. The van der Waals surface area contributed by atoms with E-state index < -0.39 is 11.6 Å². The zero-order chi connectivity index (χ0) is 15.0. The molecule has 1 amide bonds. The number of carboxylic acid groups (broad SMARTS) is 1. The molecule has 1 aliphatic rings. The fraction of sp³-hybridized carbons (Fsp3) is 0.333. The monoisotopic (exact) mass is 288 g/mol. The molecule has 3 heterocycles. The highest BCUT2D eigenvalue weighted by atomic mass is 16.4. The van der Waals surface area contributed by atoms with Crippen LogP contribution < -0.4 is 0 Å². The van der Waals surface area contributed by atoms with E-state index in [2.05, 4.69) is 0 Å². The lowest BCUT2D eigenvalue weighted by Gasteiger charge is -2.35. The van der Waals surface area contributed by atoms with Gasteiger partial charge in [0.05, 0.1) is 5.56 Å². The Labute approximate surface area is 121 Å². The number of rotatable bonds is 2. The van der Waals surface area contributed by atoms with E-state index in [0.29, 0.717) is 5.56 Å². The van der Waals surface area contributed by atoms with E-state index in [1.807, 2.05) is 28.8 Å². The average Bonchev–Trinajstić information content (AvgIpc) is 2.91. The van der Waals surface area contributed by atoms with Gasteiger partial charge in [-0.15, -0.1) is 0 Å². The maximum absolute atomic E-state index is 12.4. The van der Waals surface area contributed by atoms with E-state index in [1.54, 1.807) is 17.2 Å². The van der Waals surface area contributed by atoms with Crippen molar-refractivity contribution in [3.05, 3.63) is 42.2 Å². The number of pyridine rings is 1. The van der Waals surface area contributed by atoms with Gasteiger partial charge in [0, 0.05) is 43.8 Å². The van der Waals surface area contributed by atoms with Gasteiger partial charge in [0.2, 0.25) is 0 Å². The van der Waals surface area contributed by atoms with Crippen LogP contribution in [0.3, 0.4) is 0 Å². The number of nitrogens with zero attached hydrogens (tertiary/aromatic N) is 2. The first kappa shape index (κ1) is 13.6. The standard InChI is InChI=1S/C15H16N2O4/c18-13(11-9-12-3-1-2-6-17(12)10-11)16-7-4-15(21,5-8-16)14(19)20/h1-3,6,9-10,21H,4-5,7-8H2,(H,19,20). The molecule has 0 atom stereocenters. The molecule has 0 aliphatic carbocycles. The van der Waals surface area contributed by atoms with E-state index >= 15 is 0 Å². The van der Waals surface area contributed by atoms with Crippen LogP contribution in [0.5, 0.6) is 0 Å². The lowest BCUT2D eigenvalue weighted by atomic mass is 9.91.